The van der Waals surface area contributed by atoms with Crippen molar-refractivity contribution >= 4 is 15.7 Å². The first-order valence-corrected chi connectivity index (χ1v) is 7.66. The van der Waals surface area contributed by atoms with Gasteiger partial charge in [-0.05, 0) is 37.1 Å². The van der Waals surface area contributed by atoms with Crippen molar-refractivity contribution in [3.63, 3.8) is 0 Å². The van der Waals surface area contributed by atoms with E-state index in [1.165, 1.54) is 13.2 Å². The molecule has 4 nitrogen and oxygen atoms in total. The standard InChI is InChI=1S/C15H17NO3S/c1-11-7-6-8-12(2)15(11)16-20(17,18)14-10-5-4-9-13(14)19-3/h4-10,16H,1-3H3. The lowest BCUT2D eigenvalue weighted by atomic mass is 10.1. The smallest absolute Gasteiger partial charge is 0.265 e. The predicted octanol–water partition coefficient (Wildman–Crippen LogP) is 3.11. The van der Waals surface area contributed by atoms with Gasteiger partial charge in [0.25, 0.3) is 10.0 Å². The Bertz CT molecular complexity index is 703. The van der Waals surface area contributed by atoms with Crippen molar-refractivity contribution in [3.05, 3.63) is 53.6 Å². The number of aryl methyl sites for hydroxylation is 2. The number of sulfonamides is 1. The summed E-state index contributed by atoms with van der Waals surface area (Å²) < 4.78 is 32.7. The molecule has 0 spiro atoms. The lowest BCUT2D eigenvalue weighted by molar-refractivity contribution is 0.403. The first-order valence-electron chi connectivity index (χ1n) is 6.18. The number of hydrogen-bond donors (Lipinski definition) is 1. The van der Waals surface area contributed by atoms with Gasteiger partial charge in [-0.3, -0.25) is 4.72 Å². The number of ether oxygens (including phenoxy) is 1. The quantitative estimate of drug-likeness (QED) is 0.941. The highest BCUT2D eigenvalue weighted by Crippen LogP contribution is 2.27. The van der Waals surface area contributed by atoms with E-state index in [-0.39, 0.29) is 4.90 Å². The Labute approximate surface area is 119 Å². The number of para-hydroxylation sites is 2. The van der Waals surface area contributed by atoms with Crippen LogP contribution in [-0.4, -0.2) is 15.5 Å². The third-order valence-corrected chi connectivity index (χ3v) is 4.47. The maximum absolute atomic E-state index is 12.5. The summed E-state index contributed by atoms with van der Waals surface area (Å²) >= 11 is 0. The summed E-state index contributed by atoms with van der Waals surface area (Å²) in [6.45, 7) is 3.74. The third kappa shape index (κ3) is 2.77. The zero-order chi connectivity index (χ0) is 14.8. The maximum atomic E-state index is 12.5. The molecule has 0 amide bonds. The van der Waals surface area contributed by atoms with Gasteiger partial charge >= 0.3 is 0 Å². The van der Waals surface area contributed by atoms with E-state index in [1.54, 1.807) is 18.2 Å². The Morgan fingerprint density at radius 2 is 1.55 bits per heavy atom. The monoisotopic (exact) mass is 291 g/mol. The van der Waals surface area contributed by atoms with Crippen LogP contribution in [0, 0.1) is 13.8 Å². The zero-order valence-corrected chi connectivity index (χ0v) is 12.5. The highest BCUT2D eigenvalue weighted by molar-refractivity contribution is 7.92. The largest absolute Gasteiger partial charge is 0.495 e. The van der Waals surface area contributed by atoms with Crippen LogP contribution in [0.3, 0.4) is 0 Å². The summed E-state index contributed by atoms with van der Waals surface area (Å²) in [4.78, 5) is 0.130. The van der Waals surface area contributed by atoms with E-state index >= 15 is 0 Å². The molecule has 0 aliphatic carbocycles. The molecule has 0 fully saturated rings. The molecular weight excluding hydrogens is 274 g/mol. The molecule has 20 heavy (non-hydrogen) atoms. The van der Waals surface area contributed by atoms with Gasteiger partial charge in [0.15, 0.2) is 0 Å². The van der Waals surface area contributed by atoms with Crippen LogP contribution in [0.5, 0.6) is 5.75 Å². The van der Waals surface area contributed by atoms with E-state index in [0.29, 0.717) is 11.4 Å². The molecule has 0 unspecified atom stereocenters. The molecule has 0 radical (unpaired) electrons. The van der Waals surface area contributed by atoms with Crippen molar-refractivity contribution < 1.29 is 13.2 Å². The van der Waals surface area contributed by atoms with Crippen molar-refractivity contribution in [2.75, 3.05) is 11.8 Å². The summed E-state index contributed by atoms with van der Waals surface area (Å²) in [6, 6.07) is 12.2. The Hall–Kier alpha value is -2.01. The minimum atomic E-state index is -3.68. The maximum Gasteiger partial charge on any atom is 0.265 e. The van der Waals surface area contributed by atoms with Gasteiger partial charge in [0.1, 0.15) is 10.6 Å². The van der Waals surface area contributed by atoms with Crippen molar-refractivity contribution in [2.24, 2.45) is 0 Å². The molecule has 0 saturated carbocycles. The van der Waals surface area contributed by atoms with Gasteiger partial charge in [-0.15, -0.1) is 0 Å². The Kier molecular flexibility index (Phi) is 3.99. The van der Waals surface area contributed by atoms with E-state index in [4.69, 9.17) is 4.74 Å². The van der Waals surface area contributed by atoms with Gasteiger partial charge < -0.3 is 4.74 Å². The number of rotatable bonds is 4. The second kappa shape index (κ2) is 5.54. The highest BCUT2D eigenvalue weighted by atomic mass is 32.2. The van der Waals surface area contributed by atoms with Gasteiger partial charge in [0.05, 0.1) is 12.8 Å². The van der Waals surface area contributed by atoms with E-state index < -0.39 is 10.0 Å². The van der Waals surface area contributed by atoms with Crippen LogP contribution in [0.1, 0.15) is 11.1 Å². The fraction of sp³-hybridized carbons (Fsp3) is 0.200. The minimum absolute atomic E-state index is 0.130. The third-order valence-electron chi connectivity index (χ3n) is 3.08. The van der Waals surface area contributed by atoms with Gasteiger partial charge in [0.2, 0.25) is 0 Å². The molecule has 5 heteroatoms. The van der Waals surface area contributed by atoms with Crippen molar-refractivity contribution in [2.45, 2.75) is 18.7 Å². The van der Waals surface area contributed by atoms with Crippen LogP contribution in [0.4, 0.5) is 5.69 Å². The molecule has 0 atom stereocenters. The van der Waals surface area contributed by atoms with Crippen LogP contribution >= 0.6 is 0 Å². The average molecular weight is 291 g/mol. The fourth-order valence-electron chi connectivity index (χ4n) is 2.01. The predicted molar refractivity (Wildman–Crippen MR) is 79.7 cm³/mol. The van der Waals surface area contributed by atoms with Crippen LogP contribution in [0.15, 0.2) is 47.4 Å². The molecule has 106 valence electrons. The molecule has 2 aromatic rings. The van der Waals surface area contributed by atoms with E-state index in [0.717, 1.165) is 11.1 Å². The summed E-state index contributed by atoms with van der Waals surface area (Å²) in [6.07, 6.45) is 0. The molecule has 0 aliphatic heterocycles. The molecule has 0 bridgehead atoms. The molecule has 0 heterocycles. The zero-order valence-electron chi connectivity index (χ0n) is 11.7. The van der Waals surface area contributed by atoms with E-state index in [2.05, 4.69) is 4.72 Å². The Morgan fingerprint density at radius 3 is 2.15 bits per heavy atom. The van der Waals surface area contributed by atoms with Crippen LogP contribution in [-0.2, 0) is 10.0 Å². The minimum Gasteiger partial charge on any atom is -0.495 e. The van der Waals surface area contributed by atoms with Crippen molar-refractivity contribution in [1.82, 2.24) is 0 Å². The van der Waals surface area contributed by atoms with Gasteiger partial charge in [0, 0.05) is 0 Å². The first-order chi connectivity index (χ1) is 9.45. The lowest BCUT2D eigenvalue weighted by Crippen LogP contribution is -2.15. The Morgan fingerprint density at radius 1 is 0.950 bits per heavy atom. The van der Waals surface area contributed by atoms with E-state index in [9.17, 15) is 8.42 Å². The molecule has 0 saturated heterocycles. The molecular formula is C15H17NO3S. The average Bonchev–Trinajstić information content (AvgIpc) is 2.43. The fourth-order valence-corrected chi connectivity index (χ4v) is 3.38. The van der Waals surface area contributed by atoms with E-state index in [1.807, 2.05) is 32.0 Å². The summed E-state index contributed by atoms with van der Waals surface area (Å²) in [5, 5.41) is 0. The van der Waals surface area contributed by atoms with Crippen LogP contribution < -0.4 is 9.46 Å². The molecule has 0 aromatic heterocycles. The number of benzene rings is 2. The molecule has 2 rings (SSSR count). The number of anilines is 1. The van der Waals surface area contributed by atoms with Crippen LogP contribution in [0.25, 0.3) is 0 Å². The summed E-state index contributed by atoms with van der Waals surface area (Å²) in [5.41, 5.74) is 2.37. The van der Waals surface area contributed by atoms with Crippen molar-refractivity contribution in [3.8, 4) is 5.75 Å². The number of hydrogen-bond acceptors (Lipinski definition) is 3. The normalized spacial score (nSPS) is 11.2. The van der Waals surface area contributed by atoms with Gasteiger partial charge in [-0.25, -0.2) is 8.42 Å². The van der Waals surface area contributed by atoms with Gasteiger partial charge in [-0.2, -0.15) is 0 Å². The molecule has 2 aromatic carbocycles. The Balaban J connectivity index is 2.47. The van der Waals surface area contributed by atoms with Crippen molar-refractivity contribution in [1.29, 1.82) is 0 Å². The number of methoxy groups -OCH3 is 1. The summed E-state index contributed by atoms with van der Waals surface area (Å²) in [5.74, 6) is 0.325. The SMILES string of the molecule is COc1ccccc1S(=O)(=O)Nc1c(C)cccc1C. The second-order valence-electron chi connectivity index (χ2n) is 4.52. The lowest BCUT2D eigenvalue weighted by Gasteiger charge is -2.14. The highest BCUT2D eigenvalue weighted by Gasteiger charge is 2.20. The van der Waals surface area contributed by atoms with Crippen LogP contribution in [0.2, 0.25) is 0 Å². The first kappa shape index (κ1) is 14.4. The topological polar surface area (TPSA) is 55.4 Å². The number of nitrogens with one attached hydrogen (secondary N) is 1. The molecule has 1 N–H and O–H groups in total. The summed E-state index contributed by atoms with van der Waals surface area (Å²) in [7, 11) is -2.22. The molecule has 0 aliphatic rings. The second-order valence-corrected chi connectivity index (χ2v) is 6.17. The van der Waals surface area contributed by atoms with Gasteiger partial charge in [-0.1, -0.05) is 30.3 Å².